The van der Waals surface area contributed by atoms with E-state index in [1.165, 1.54) is 31.9 Å². The lowest BCUT2D eigenvalue weighted by molar-refractivity contribution is -0.100. The molecule has 0 radical (unpaired) electrons. The summed E-state index contributed by atoms with van der Waals surface area (Å²) >= 11 is 0. The van der Waals surface area contributed by atoms with Crippen molar-refractivity contribution in [2.75, 3.05) is 56.5 Å². The number of anilines is 2. The number of halogens is 1. The Morgan fingerprint density at radius 2 is 1.43 bits per heavy atom. The number of likely N-dealkylation sites (tertiary alicyclic amines) is 1. The second kappa shape index (κ2) is 9.96. The third-order valence-electron chi connectivity index (χ3n) is 10.5. The van der Waals surface area contributed by atoms with Crippen molar-refractivity contribution in [3.05, 3.63) is 53.3 Å². The summed E-state index contributed by atoms with van der Waals surface area (Å²) in [5.41, 5.74) is 3.72. The number of rotatable bonds is 5. The molecule has 5 heterocycles. The molecule has 0 spiro atoms. The lowest BCUT2D eigenvalue weighted by Crippen LogP contribution is -2.59. The molecule has 40 heavy (non-hydrogen) atoms. The molecule has 0 aromatic heterocycles. The summed E-state index contributed by atoms with van der Waals surface area (Å²) in [6, 6.07) is 13.6. The second-order valence-corrected chi connectivity index (χ2v) is 14.8. The maximum absolute atomic E-state index is 15.6. The van der Waals surface area contributed by atoms with Gasteiger partial charge in [0, 0.05) is 38.5 Å². The van der Waals surface area contributed by atoms with Gasteiger partial charge in [-0.25, -0.2) is 12.8 Å². The average Bonchev–Trinajstić information content (AvgIpc) is 3.28. The standard InChI is InChI=1S/C31H41FN4O3S/c1-33-29-16-27(28(32)17-30(29)34(2)31(33)21-4-8-26(9-5-21)40(3,37)38)20-10-12-35(13-11-20)24-14-22-6-7-23(15-24)36(22)25-18-39-19-25/h4-5,8-9,16-17,20,22-25,31H,6-7,10-15,18-19H2,1-3H3. The molecule has 9 heteroatoms. The molecule has 0 amide bonds. The largest absolute Gasteiger partial charge is 0.378 e. The fourth-order valence-electron chi connectivity index (χ4n) is 8.35. The highest BCUT2D eigenvalue weighted by Gasteiger charge is 2.47. The van der Waals surface area contributed by atoms with Crippen LogP contribution < -0.4 is 9.80 Å². The SMILES string of the molecule is CN1c2cc(F)c(C3CCN(C4CC5CCC(C4)N5C4COC4)CC3)cc2N(C)C1c1ccc(S(C)(=O)=O)cc1. The van der Waals surface area contributed by atoms with Crippen LogP contribution >= 0.6 is 0 Å². The molecular formula is C31H41FN4O3S. The zero-order chi connectivity index (χ0) is 27.8. The fourth-order valence-corrected chi connectivity index (χ4v) is 8.98. The average molecular weight is 569 g/mol. The highest BCUT2D eigenvalue weighted by Crippen LogP contribution is 2.48. The molecule has 4 fully saturated rings. The number of sulfone groups is 1. The van der Waals surface area contributed by atoms with Crippen molar-refractivity contribution >= 4 is 21.2 Å². The molecule has 3 atom stereocenters. The first kappa shape index (κ1) is 26.7. The van der Waals surface area contributed by atoms with Gasteiger partial charge in [0.2, 0.25) is 0 Å². The number of hydrogen-bond donors (Lipinski definition) is 0. The van der Waals surface area contributed by atoms with E-state index in [0.29, 0.717) is 29.1 Å². The number of fused-ring (bicyclic) bond motifs is 3. The Kier molecular flexibility index (Phi) is 6.65. The number of ether oxygens (including phenoxy) is 1. The van der Waals surface area contributed by atoms with Crippen LogP contribution in [-0.2, 0) is 14.6 Å². The van der Waals surface area contributed by atoms with E-state index in [9.17, 15) is 8.42 Å². The summed E-state index contributed by atoms with van der Waals surface area (Å²) in [5.74, 6) is 0.122. The highest BCUT2D eigenvalue weighted by atomic mass is 32.2. The van der Waals surface area contributed by atoms with Crippen molar-refractivity contribution in [1.82, 2.24) is 9.80 Å². The van der Waals surface area contributed by atoms with E-state index in [1.807, 2.05) is 26.2 Å². The van der Waals surface area contributed by atoms with Gasteiger partial charge in [0.1, 0.15) is 12.0 Å². The monoisotopic (exact) mass is 568 g/mol. The Morgan fingerprint density at radius 3 is 1.98 bits per heavy atom. The first-order valence-electron chi connectivity index (χ1n) is 14.9. The molecule has 5 aliphatic rings. The predicted octanol–water partition coefficient (Wildman–Crippen LogP) is 4.39. The summed E-state index contributed by atoms with van der Waals surface area (Å²) in [5, 5.41) is 0. The van der Waals surface area contributed by atoms with Crippen molar-refractivity contribution in [1.29, 1.82) is 0 Å². The first-order valence-corrected chi connectivity index (χ1v) is 16.8. The Balaban J connectivity index is 1.04. The molecule has 0 N–H and O–H groups in total. The maximum atomic E-state index is 15.6. The van der Waals surface area contributed by atoms with Gasteiger partial charge in [0.05, 0.1) is 35.5 Å². The Bertz CT molecular complexity index is 1360. The molecule has 2 aromatic carbocycles. The molecular weight excluding hydrogens is 527 g/mol. The van der Waals surface area contributed by atoms with Gasteiger partial charge in [0.25, 0.3) is 0 Å². The molecule has 2 bridgehead atoms. The Hall–Kier alpha value is -2.20. The lowest BCUT2D eigenvalue weighted by atomic mass is 9.86. The van der Waals surface area contributed by atoms with Crippen molar-refractivity contribution in [2.24, 2.45) is 0 Å². The van der Waals surface area contributed by atoms with Crippen LogP contribution in [0.15, 0.2) is 41.3 Å². The summed E-state index contributed by atoms with van der Waals surface area (Å²) in [6.45, 7) is 3.92. The van der Waals surface area contributed by atoms with Crippen molar-refractivity contribution in [3.63, 3.8) is 0 Å². The van der Waals surface area contributed by atoms with E-state index in [0.717, 1.165) is 61.6 Å². The molecule has 5 aliphatic heterocycles. The molecule has 0 saturated carbocycles. The van der Waals surface area contributed by atoms with Gasteiger partial charge < -0.3 is 19.4 Å². The Labute approximate surface area is 237 Å². The van der Waals surface area contributed by atoms with Crippen LogP contribution in [0.1, 0.15) is 61.7 Å². The third-order valence-corrected chi connectivity index (χ3v) is 11.6. The number of benzene rings is 2. The van der Waals surface area contributed by atoms with Gasteiger partial charge in [-0.15, -0.1) is 0 Å². The topological polar surface area (TPSA) is 56.3 Å². The van der Waals surface area contributed by atoms with E-state index in [-0.39, 0.29) is 17.9 Å². The van der Waals surface area contributed by atoms with Crippen LogP contribution in [0.5, 0.6) is 0 Å². The summed E-state index contributed by atoms with van der Waals surface area (Å²) < 4.78 is 45.0. The zero-order valence-electron chi connectivity index (χ0n) is 23.8. The van der Waals surface area contributed by atoms with E-state index in [2.05, 4.69) is 25.7 Å². The number of nitrogens with zero attached hydrogens (tertiary/aromatic N) is 4. The zero-order valence-corrected chi connectivity index (χ0v) is 24.6. The van der Waals surface area contributed by atoms with Crippen molar-refractivity contribution in [2.45, 2.75) is 79.7 Å². The summed E-state index contributed by atoms with van der Waals surface area (Å²) in [4.78, 5) is 10.1. The predicted molar refractivity (Wildman–Crippen MR) is 155 cm³/mol. The smallest absolute Gasteiger partial charge is 0.175 e. The van der Waals surface area contributed by atoms with E-state index in [4.69, 9.17) is 4.74 Å². The highest BCUT2D eigenvalue weighted by molar-refractivity contribution is 7.90. The third kappa shape index (κ3) is 4.44. The lowest BCUT2D eigenvalue weighted by Gasteiger charge is -2.49. The van der Waals surface area contributed by atoms with Gasteiger partial charge in [-0.05, 0) is 92.9 Å². The second-order valence-electron chi connectivity index (χ2n) is 12.8. The number of hydrogen-bond acceptors (Lipinski definition) is 7. The van der Waals surface area contributed by atoms with Crippen LogP contribution in [0.4, 0.5) is 15.8 Å². The molecule has 3 unspecified atom stereocenters. The van der Waals surface area contributed by atoms with Crippen molar-refractivity contribution < 1.29 is 17.5 Å². The van der Waals surface area contributed by atoms with Crippen molar-refractivity contribution in [3.8, 4) is 0 Å². The molecule has 0 aliphatic carbocycles. The molecule has 216 valence electrons. The summed E-state index contributed by atoms with van der Waals surface area (Å²) in [6.07, 6.45) is 8.31. The molecule has 7 rings (SSSR count). The molecule has 2 aromatic rings. The normalized spacial score (nSPS) is 30.1. The van der Waals surface area contributed by atoms with Gasteiger partial charge in [0.15, 0.2) is 9.84 Å². The molecule has 7 nitrogen and oxygen atoms in total. The minimum absolute atomic E-state index is 0.111. The van der Waals surface area contributed by atoms with E-state index >= 15 is 4.39 Å². The minimum Gasteiger partial charge on any atom is -0.378 e. The van der Waals surface area contributed by atoms with Crippen LogP contribution in [-0.4, -0.2) is 89.0 Å². The van der Waals surface area contributed by atoms with E-state index < -0.39 is 9.84 Å². The van der Waals surface area contributed by atoms with E-state index in [1.54, 1.807) is 18.2 Å². The summed E-state index contributed by atoms with van der Waals surface area (Å²) in [7, 11) is 0.765. The number of piperidine rings is 2. The van der Waals surface area contributed by atoms with Gasteiger partial charge in [-0.1, -0.05) is 12.1 Å². The van der Waals surface area contributed by atoms with Crippen LogP contribution in [0.3, 0.4) is 0 Å². The minimum atomic E-state index is -3.25. The van der Waals surface area contributed by atoms with Crippen LogP contribution in [0, 0.1) is 5.82 Å². The maximum Gasteiger partial charge on any atom is 0.175 e. The van der Waals surface area contributed by atoms with Gasteiger partial charge in [-0.3, -0.25) is 4.90 Å². The Morgan fingerprint density at radius 1 is 0.825 bits per heavy atom. The van der Waals surface area contributed by atoms with Crippen LogP contribution in [0.2, 0.25) is 0 Å². The molecule has 4 saturated heterocycles. The van der Waals surface area contributed by atoms with Crippen LogP contribution in [0.25, 0.3) is 0 Å². The quantitative estimate of drug-likeness (QED) is 0.531. The van der Waals surface area contributed by atoms with Gasteiger partial charge in [-0.2, -0.15) is 0 Å². The van der Waals surface area contributed by atoms with Gasteiger partial charge >= 0.3 is 0 Å². The first-order chi connectivity index (χ1) is 19.2. The fraction of sp³-hybridized carbons (Fsp3) is 0.613.